The van der Waals surface area contributed by atoms with Crippen LogP contribution >= 0.6 is 0 Å². The van der Waals surface area contributed by atoms with Gasteiger partial charge in [-0.15, -0.1) is 0 Å². The maximum absolute atomic E-state index is 12.3. The van der Waals surface area contributed by atoms with E-state index in [9.17, 15) is 30.0 Å². The first-order chi connectivity index (χ1) is 22.9. The molecule has 19 heteroatoms. The highest BCUT2D eigenvalue weighted by atomic mass is 16.7. The van der Waals surface area contributed by atoms with Crippen LogP contribution in [0.1, 0.15) is 20.8 Å². The van der Waals surface area contributed by atoms with Gasteiger partial charge >= 0.3 is 0 Å². The summed E-state index contributed by atoms with van der Waals surface area (Å²) in [6, 6.07) is -3.39. The number of aliphatic hydroxyl groups excluding tert-OH is 6. The van der Waals surface area contributed by atoms with Crippen LogP contribution in [0.4, 0.5) is 0 Å². The van der Waals surface area contributed by atoms with E-state index >= 15 is 0 Å². The van der Waals surface area contributed by atoms with Gasteiger partial charge in [-0.2, -0.15) is 19.8 Å². The van der Waals surface area contributed by atoms with Crippen LogP contribution in [-0.2, 0) is 47.5 Å². The molecule has 0 aromatic rings. The summed E-state index contributed by atoms with van der Waals surface area (Å²) in [6.07, 6.45) is -12.9. The van der Waals surface area contributed by atoms with Crippen LogP contribution < -0.4 is 16.4 Å². The second-order valence-electron chi connectivity index (χ2n) is 11.6. The number of nitrogens with two attached hydrogens (primary N) is 1. The second kappa shape index (κ2) is 20.3. The largest absolute Gasteiger partial charge is 0.548 e. The van der Waals surface area contributed by atoms with E-state index < -0.39 is 97.3 Å². The molecule has 10 N–H and O–H groups in total. The van der Waals surface area contributed by atoms with Crippen molar-refractivity contribution < 1.29 is 78.1 Å². The number of nitrogens with one attached hydrogen (secondary N) is 2. The minimum atomic E-state index is -1.63. The van der Waals surface area contributed by atoms with Crippen molar-refractivity contribution in [1.82, 2.24) is 10.6 Å². The fraction of sp³-hybridized carbons (Fsp3) is 0.828. The second-order valence-corrected chi connectivity index (χ2v) is 11.6. The third kappa shape index (κ3) is 11.2. The van der Waals surface area contributed by atoms with Gasteiger partial charge in [0.05, 0.1) is 56.8 Å². The number of carbonyl (C=O) groups is 2. The zero-order valence-corrected chi connectivity index (χ0v) is 27.1. The third-order valence-electron chi connectivity index (χ3n) is 7.87. The molecule has 0 bridgehead atoms. The number of amides is 2. The van der Waals surface area contributed by atoms with Crippen LogP contribution in [0.2, 0.25) is 0 Å². The summed E-state index contributed by atoms with van der Waals surface area (Å²) < 4.78 is 46.1. The number of ether oxygens (including phenoxy) is 8. The van der Waals surface area contributed by atoms with Crippen LogP contribution in [0.25, 0.3) is 0 Å². The fourth-order valence-electron chi connectivity index (χ4n) is 5.45. The van der Waals surface area contributed by atoms with Crippen molar-refractivity contribution in [2.24, 2.45) is 11.7 Å². The Morgan fingerprint density at radius 3 is 1.81 bits per heavy atom. The number of aliphatic hydroxyl groups is 6. The van der Waals surface area contributed by atoms with Gasteiger partial charge in [0.2, 0.25) is 11.8 Å². The summed E-state index contributed by atoms with van der Waals surface area (Å²) in [4.78, 5) is 24.1. The summed E-state index contributed by atoms with van der Waals surface area (Å²) in [6.45, 7) is 6.44. The molecule has 3 saturated heterocycles. The van der Waals surface area contributed by atoms with Crippen molar-refractivity contribution in [3.63, 3.8) is 0 Å². The molecule has 280 valence electrons. The zero-order chi connectivity index (χ0) is 35.4. The SMILES string of the molecule is CC(=O)NC1C(O)[C@H](O[C@@H]2OC([CH-]OCCO)[C@H](C)[C@H](O)C2N)[C@H]([CH-]OCCO)O[C@H]1O[C@@H]1C([CH-]OCCO)OCC(NC(C)=O)[C@H]1O. The Balaban J connectivity index is 1.89. The smallest absolute Gasteiger partial charge is 0.217 e. The molecule has 19 nitrogen and oxygen atoms in total. The minimum Gasteiger partial charge on any atom is -0.548 e. The van der Waals surface area contributed by atoms with E-state index in [2.05, 4.69) is 10.6 Å². The lowest BCUT2D eigenvalue weighted by atomic mass is 9.89. The van der Waals surface area contributed by atoms with Gasteiger partial charge in [0, 0.05) is 33.7 Å². The summed E-state index contributed by atoms with van der Waals surface area (Å²) in [5.41, 5.74) is 6.27. The van der Waals surface area contributed by atoms with Crippen LogP contribution in [0.5, 0.6) is 0 Å². The van der Waals surface area contributed by atoms with E-state index in [1.165, 1.54) is 27.1 Å². The molecule has 3 heterocycles. The average molecular weight is 697 g/mol. The van der Waals surface area contributed by atoms with Crippen molar-refractivity contribution in [1.29, 1.82) is 0 Å². The van der Waals surface area contributed by atoms with Gasteiger partial charge in [-0.1, -0.05) is 6.92 Å². The van der Waals surface area contributed by atoms with Crippen LogP contribution in [0.15, 0.2) is 0 Å². The van der Waals surface area contributed by atoms with Gasteiger partial charge in [0.15, 0.2) is 12.6 Å². The highest BCUT2D eigenvalue weighted by Gasteiger charge is 2.50. The Morgan fingerprint density at radius 1 is 0.750 bits per heavy atom. The first-order valence-corrected chi connectivity index (χ1v) is 15.7. The molecule has 0 saturated carbocycles. The highest BCUT2D eigenvalue weighted by molar-refractivity contribution is 5.73. The van der Waals surface area contributed by atoms with Crippen molar-refractivity contribution >= 4 is 11.8 Å². The quantitative estimate of drug-likeness (QED) is 0.0480. The predicted octanol–water partition coefficient (Wildman–Crippen LogP) is -4.83. The Hall–Kier alpha value is -1.66. The minimum absolute atomic E-state index is 0.0209. The van der Waals surface area contributed by atoms with Gasteiger partial charge in [-0.3, -0.25) is 9.59 Å². The molecule has 3 fully saturated rings. The zero-order valence-electron chi connectivity index (χ0n) is 27.1. The number of carbonyl (C=O) groups excluding carboxylic acids is 2. The maximum atomic E-state index is 12.3. The fourth-order valence-corrected chi connectivity index (χ4v) is 5.45. The molecule has 48 heavy (non-hydrogen) atoms. The molecule has 0 aromatic heterocycles. The van der Waals surface area contributed by atoms with Crippen molar-refractivity contribution in [3.8, 4) is 0 Å². The molecule has 0 aromatic carbocycles. The van der Waals surface area contributed by atoms with E-state index in [0.717, 1.165) is 6.61 Å². The van der Waals surface area contributed by atoms with E-state index in [4.69, 9.17) is 53.8 Å². The summed E-state index contributed by atoms with van der Waals surface area (Å²) in [5, 5.41) is 66.4. The van der Waals surface area contributed by atoms with Crippen molar-refractivity contribution in [2.75, 3.05) is 46.2 Å². The van der Waals surface area contributed by atoms with Crippen LogP contribution in [0.3, 0.4) is 0 Å². The topological polar surface area (TPSA) is 279 Å². The predicted molar refractivity (Wildman–Crippen MR) is 159 cm³/mol. The van der Waals surface area contributed by atoms with Gasteiger partial charge in [-0.05, 0) is 24.2 Å². The number of hydrogen-bond acceptors (Lipinski definition) is 17. The lowest BCUT2D eigenvalue weighted by Gasteiger charge is -2.53. The van der Waals surface area contributed by atoms with E-state index in [-0.39, 0.29) is 46.2 Å². The van der Waals surface area contributed by atoms with Crippen LogP contribution in [0, 0.1) is 25.7 Å². The number of rotatable bonds is 18. The summed E-state index contributed by atoms with van der Waals surface area (Å²) >= 11 is 0. The monoisotopic (exact) mass is 696 g/mol. The summed E-state index contributed by atoms with van der Waals surface area (Å²) in [5.74, 6) is -1.58. The third-order valence-corrected chi connectivity index (χ3v) is 7.87. The molecule has 6 unspecified atom stereocenters. The maximum Gasteiger partial charge on any atom is 0.217 e. The molecular weight excluding hydrogens is 646 g/mol. The molecule has 14 atom stereocenters. The molecule has 2 amide bonds. The molecular formula is C29H50N3O16-3. The molecule has 3 rings (SSSR count). The first kappa shape index (κ1) is 40.8. The normalized spacial score (nSPS) is 38.8. The first-order valence-electron chi connectivity index (χ1n) is 15.7. The van der Waals surface area contributed by atoms with E-state index in [1.807, 2.05) is 0 Å². The Bertz CT molecular complexity index is 969. The Labute approximate surface area is 278 Å². The highest BCUT2D eigenvalue weighted by Crippen LogP contribution is 2.34. The van der Waals surface area contributed by atoms with Crippen molar-refractivity contribution in [2.45, 2.75) is 100 Å². The van der Waals surface area contributed by atoms with Gasteiger partial charge in [0.25, 0.3) is 0 Å². The molecule has 0 radical (unpaired) electrons. The molecule has 0 aliphatic carbocycles. The molecule has 3 aliphatic heterocycles. The lowest BCUT2D eigenvalue weighted by Crippen LogP contribution is -2.69. The molecule has 3 aliphatic rings. The van der Waals surface area contributed by atoms with Crippen LogP contribution in [-0.4, -0.2) is 168 Å². The van der Waals surface area contributed by atoms with E-state index in [0.29, 0.717) is 0 Å². The van der Waals surface area contributed by atoms with Gasteiger partial charge in [0.1, 0.15) is 18.2 Å². The van der Waals surface area contributed by atoms with Gasteiger partial charge < -0.3 is 84.9 Å². The number of hydrogen-bond donors (Lipinski definition) is 9. The molecule has 0 spiro atoms. The summed E-state index contributed by atoms with van der Waals surface area (Å²) in [7, 11) is 0. The van der Waals surface area contributed by atoms with Gasteiger partial charge in [-0.25, -0.2) is 0 Å². The Kier molecular flexibility index (Phi) is 17.2. The van der Waals surface area contributed by atoms with E-state index in [1.54, 1.807) is 6.92 Å². The average Bonchev–Trinajstić information content (AvgIpc) is 3.04. The lowest BCUT2D eigenvalue weighted by molar-refractivity contribution is -0.335. The Morgan fingerprint density at radius 2 is 1.25 bits per heavy atom. The van der Waals surface area contributed by atoms with Crippen molar-refractivity contribution in [3.05, 3.63) is 19.8 Å². The standard InChI is InChI=1S/C29H50N3O16/c1-14-18(11-41-7-4-33)45-28(21(30)23(14)38)47-27-20(13-43-9-6-35)46-29(22(25(27)40)32-16(3)37)48-26-19(12-42-8-5-34)44-10-17(24(26)39)31-15(2)36/h11-14,17-29,33-35,38-40H,4-10,30H2,1-3H3,(H,31,36)(H,32,37)/q-3/t14-,17?,18?,19?,20-,21?,22?,23-,24+,25?,26+,27+,28-,29-/m0/s1.